The Balaban J connectivity index is 2.40. The molecule has 0 bridgehead atoms. The summed E-state index contributed by atoms with van der Waals surface area (Å²) in [4.78, 5) is 5.41. The molecule has 0 amide bonds. The third-order valence-corrected chi connectivity index (χ3v) is 5.49. The zero-order valence-electron chi connectivity index (χ0n) is 9.64. The smallest absolute Gasteiger partial charge is 0.169 e. The van der Waals surface area contributed by atoms with Crippen LogP contribution in [0.1, 0.15) is 0 Å². The van der Waals surface area contributed by atoms with E-state index in [1.54, 1.807) is 11.8 Å². The lowest BCUT2D eigenvalue weighted by Crippen LogP contribution is -2.47. The number of sulfone groups is 1. The molecule has 1 aromatic rings. The van der Waals surface area contributed by atoms with Crippen LogP contribution in [0.15, 0.2) is 12.3 Å². The van der Waals surface area contributed by atoms with E-state index >= 15 is 0 Å². The normalized spacial score (nSPS) is 21.1. The van der Waals surface area contributed by atoms with Gasteiger partial charge in [-0.05, 0) is 6.07 Å². The van der Waals surface area contributed by atoms with Crippen molar-refractivity contribution in [2.75, 3.05) is 29.2 Å². The van der Waals surface area contributed by atoms with Crippen molar-refractivity contribution in [2.24, 2.45) is 0 Å². The topological polar surface area (TPSA) is 50.3 Å². The molecular formula is C10H12ClFN2O2S2. The molecule has 8 heteroatoms. The monoisotopic (exact) mass is 310 g/mol. The molecule has 1 aromatic heterocycles. The summed E-state index contributed by atoms with van der Waals surface area (Å²) >= 11 is 7.18. The van der Waals surface area contributed by atoms with Gasteiger partial charge in [-0.3, -0.25) is 0 Å². The van der Waals surface area contributed by atoms with Crippen LogP contribution in [-0.4, -0.2) is 43.1 Å². The molecule has 1 unspecified atom stereocenters. The number of nitrogens with zero attached hydrogens (tertiary/aromatic N) is 2. The molecule has 0 N–H and O–H groups in total. The Hall–Kier alpha value is -0.530. The van der Waals surface area contributed by atoms with Gasteiger partial charge in [0, 0.05) is 30.5 Å². The highest BCUT2D eigenvalue weighted by Gasteiger charge is 2.33. The van der Waals surface area contributed by atoms with Crippen molar-refractivity contribution < 1.29 is 12.8 Å². The summed E-state index contributed by atoms with van der Waals surface area (Å²) in [6.07, 6.45) is 2.48. The zero-order valence-corrected chi connectivity index (χ0v) is 12.0. The first-order chi connectivity index (χ1) is 8.39. The quantitative estimate of drug-likeness (QED) is 0.833. The Morgan fingerprint density at radius 3 is 2.94 bits per heavy atom. The summed E-state index contributed by atoms with van der Waals surface area (Å²) in [6, 6.07) is 1.14. The molecule has 1 aliphatic heterocycles. The third kappa shape index (κ3) is 2.89. The summed E-state index contributed by atoms with van der Waals surface area (Å²) in [5.41, 5.74) is 0. The van der Waals surface area contributed by atoms with Gasteiger partial charge < -0.3 is 4.90 Å². The molecule has 2 rings (SSSR count). The van der Waals surface area contributed by atoms with Crippen molar-refractivity contribution in [2.45, 2.75) is 5.37 Å². The SMILES string of the molecule is CS(=O)(=O)C1CSCCN1c1ncc(Cl)cc1F. The van der Waals surface area contributed by atoms with E-state index in [0.29, 0.717) is 12.3 Å². The molecular weight excluding hydrogens is 299 g/mol. The van der Waals surface area contributed by atoms with E-state index in [2.05, 4.69) is 4.98 Å². The molecule has 1 saturated heterocycles. The van der Waals surface area contributed by atoms with Crippen molar-refractivity contribution in [3.8, 4) is 0 Å². The lowest BCUT2D eigenvalue weighted by Gasteiger charge is -2.34. The van der Waals surface area contributed by atoms with Gasteiger partial charge in [-0.1, -0.05) is 11.6 Å². The van der Waals surface area contributed by atoms with E-state index in [4.69, 9.17) is 11.6 Å². The Labute approximate surface area is 114 Å². The van der Waals surface area contributed by atoms with Crippen LogP contribution in [-0.2, 0) is 9.84 Å². The first-order valence-electron chi connectivity index (χ1n) is 5.24. The zero-order chi connectivity index (χ0) is 13.3. The fourth-order valence-corrected chi connectivity index (χ4v) is 4.76. The summed E-state index contributed by atoms with van der Waals surface area (Å²) in [7, 11) is -3.28. The minimum Gasteiger partial charge on any atom is -0.336 e. The fourth-order valence-electron chi connectivity index (χ4n) is 1.80. The molecule has 100 valence electrons. The Bertz CT molecular complexity index is 553. The average molecular weight is 311 g/mol. The number of rotatable bonds is 2. The molecule has 1 aliphatic rings. The van der Waals surface area contributed by atoms with Crippen LogP contribution in [0.2, 0.25) is 5.02 Å². The number of pyridine rings is 1. The maximum atomic E-state index is 13.8. The molecule has 0 aromatic carbocycles. The summed E-state index contributed by atoms with van der Waals surface area (Å²) < 4.78 is 37.2. The molecule has 4 nitrogen and oxygen atoms in total. The van der Waals surface area contributed by atoms with Crippen molar-refractivity contribution in [3.63, 3.8) is 0 Å². The van der Waals surface area contributed by atoms with Crippen LogP contribution >= 0.6 is 23.4 Å². The second-order valence-electron chi connectivity index (χ2n) is 4.01. The number of anilines is 1. The maximum absolute atomic E-state index is 13.8. The molecule has 0 spiro atoms. The van der Waals surface area contributed by atoms with Crippen molar-refractivity contribution in [1.29, 1.82) is 0 Å². The van der Waals surface area contributed by atoms with E-state index < -0.39 is 21.0 Å². The van der Waals surface area contributed by atoms with Gasteiger partial charge >= 0.3 is 0 Å². The van der Waals surface area contributed by atoms with Crippen LogP contribution in [0.5, 0.6) is 0 Å². The van der Waals surface area contributed by atoms with Gasteiger partial charge in [0.1, 0.15) is 5.37 Å². The van der Waals surface area contributed by atoms with E-state index in [0.717, 1.165) is 18.1 Å². The van der Waals surface area contributed by atoms with Crippen molar-refractivity contribution >= 4 is 39.0 Å². The average Bonchev–Trinajstić information content (AvgIpc) is 2.28. The van der Waals surface area contributed by atoms with Crippen LogP contribution in [0.4, 0.5) is 10.2 Å². The Morgan fingerprint density at radius 2 is 2.33 bits per heavy atom. The van der Waals surface area contributed by atoms with Crippen LogP contribution in [0.3, 0.4) is 0 Å². The first-order valence-corrected chi connectivity index (χ1v) is 8.72. The predicted octanol–water partition coefficient (Wildman–Crippen LogP) is 1.80. The molecule has 18 heavy (non-hydrogen) atoms. The lowest BCUT2D eigenvalue weighted by molar-refractivity contribution is 0.575. The fraction of sp³-hybridized carbons (Fsp3) is 0.500. The molecule has 1 atom stereocenters. The summed E-state index contributed by atoms with van der Waals surface area (Å²) in [5.74, 6) is 0.622. The molecule has 0 radical (unpaired) electrons. The standard InChI is InChI=1S/C10H12ClFN2O2S2/c1-18(15,16)9-6-17-3-2-14(9)10-8(12)4-7(11)5-13-10/h4-5,9H,2-3,6H2,1H3. The summed E-state index contributed by atoms with van der Waals surface area (Å²) in [5, 5.41) is -0.544. The molecule has 0 aliphatic carbocycles. The number of hydrogen-bond donors (Lipinski definition) is 0. The minimum absolute atomic E-state index is 0.0510. The van der Waals surface area contributed by atoms with Crippen LogP contribution in [0.25, 0.3) is 0 Å². The van der Waals surface area contributed by atoms with Crippen LogP contribution in [0, 0.1) is 5.82 Å². The van der Waals surface area contributed by atoms with Gasteiger partial charge in [0.15, 0.2) is 21.5 Å². The van der Waals surface area contributed by atoms with Crippen LogP contribution < -0.4 is 4.90 Å². The van der Waals surface area contributed by atoms with E-state index in [-0.39, 0.29) is 10.8 Å². The highest BCUT2D eigenvalue weighted by molar-refractivity contribution is 8.01. The highest BCUT2D eigenvalue weighted by Crippen LogP contribution is 2.28. The van der Waals surface area contributed by atoms with Gasteiger partial charge in [0.2, 0.25) is 0 Å². The minimum atomic E-state index is -3.28. The van der Waals surface area contributed by atoms with Gasteiger partial charge in [-0.25, -0.2) is 17.8 Å². The second-order valence-corrected chi connectivity index (χ2v) is 7.80. The Kier molecular flexibility index (Phi) is 4.03. The molecule has 2 heterocycles. The number of thioether (sulfide) groups is 1. The summed E-state index contributed by atoms with van der Waals surface area (Å²) in [6.45, 7) is 0.452. The largest absolute Gasteiger partial charge is 0.336 e. The predicted molar refractivity (Wildman–Crippen MR) is 72.5 cm³/mol. The van der Waals surface area contributed by atoms with E-state index in [1.165, 1.54) is 11.1 Å². The van der Waals surface area contributed by atoms with Gasteiger partial charge in [0.05, 0.1) is 5.02 Å². The van der Waals surface area contributed by atoms with Crippen molar-refractivity contribution in [1.82, 2.24) is 4.98 Å². The molecule has 0 saturated carbocycles. The van der Waals surface area contributed by atoms with E-state index in [1.807, 2.05) is 0 Å². The van der Waals surface area contributed by atoms with Gasteiger partial charge in [-0.15, -0.1) is 0 Å². The van der Waals surface area contributed by atoms with Crippen molar-refractivity contribution in [3.05, 3.63) is 23.1 Å². The number of halogens is 2. The third-order valence-electron chi connectivity index (χ3n) is 2.64. The first kappa shape index (κ1) is 13.9. The molecule has 1 fully saturated rings. The van der Waals surface area contributed by atoms with Gasteiger partial charge in [0.25, 0.3) is 0 Å². The van der Waals surface area contributed by atoms with E-state index in [9.17, 15) is 12.8 Å². The number of aromatic nitrogens is 1. The number of hydrogen-bond acceptors (Lipinski definition) is 5. The Morgan fingerprint density at radius 1 is 1.61 bits per heavy atom. The lowest BCUT2D eigenvalue weighted by atomic mass is 10.4. The second kappa shape index (κ2) is 5.22. The van der Waals surface area contributed by atoms with Gasteiger partial charge in [-0.2, -0.15) is 11.8 Å². The maximum Gasteiger partial charge on any atom is 0.169 e. The highest BCUT2D eigenvalue weighted by atomic mass is 35.5.